The molecule has 2 aromatic rings. The van der Waals surface area contributed by atoms with Crippen LogP contribution in [0.1, 0.15) is 6.42 Å². The number of rotatable bonds is 3. The molecule has 0 amide bonds. The van der Waals surface area contributed by atoms with Crippen molar-refractivity contribution in [3.63, 3.8) is 0 Å². The van der Waals surface area contributed by atoms with Crippen LogP contribution in [0.5, 0.6) is 0 Å². The van der Waals surface area contributed by atoms with Gasteiger partial charge in [0.15, 0.2) is 0 Å². The molecule has 0 saturated carbocycles. The number of fused-ring (bicyclic) bond motifs is 1. The van der Waals surface area contributed by atoms with Crippen LogP contribution in [0.3, 0.4) is 0 Å². The van der Waals surface area contributed by atoms with E-state index in [0.29, 0.717) is 0 Å². The van der Waals surface area contributed by atoms with E-state index in [9.17, 15) is 4.21 Å². The van der Waals surface area contributed by atoms with E-state index in [2.05, 4.69) is 23.2 Å². The summed E-state index contributed by atoms with van der Waals surface area (Å²) in [4.78, 5) is 4.47. The Morgan fingerprint density at radius 1 is 1.26 bits per heavy atom. The number of aromatic nitrogens is 1. The number of nitrogens with zero attached hydrogens (tertiary/aromatic N) is 1. The molecule has 1 aromatic heterocycles. The second-order valence-corrected chi connectivity index (χ2v) is 11.9. The van der Waals surface area contributed by atoms with Crippen LogP contribution in [0, 0.1) is 0 Å². The summed E-state index contributed by atoms with van der Waals surface area (Å²) in [7, 11) is -0.837. The van der Waals surface area contributed by atoms with Crippen LogP contribution >= 0.6 is 36.2 Å². The number of para-hydroxylation sites is 1. The van der Waals surface area contributed by atoms with E-state index in [4.69, 9.17) is 0 Å². The van der Waals surface area contributed by atoms with Gasteiger partial charge in [-0.05, 0) is 0 Å². The second kappa shape index (κ2) is 7.85. The average Bonchev–Trinajstić information content (AvgIpc) is 2.96. The predicted molar refractivity (Wildman–Crippen MR) is 82.4 cm³/mol. The van der Waals surface area contributed by atoms with E-state index in [1.165, 1.54) is 3.28 Å². The Balaban J connectivity index is 0.000000902. The fourth-order valence-electron chi connectivity index (χ4n) is 1.62. The van der Waals surface area contributed by atoms with Crippen LogP contribution in [0.4, 0.5) is 0 Å². The summed E-state index contributed by atoms with van der Waals surface area (Å²) in [6.07, 6.45) is 7.32. The van der Waals surface area contributed by atoms with Gasteiger partial charge in [0.25, 0.3) is 0 Å². The molecule has 0 radical (unpaired) electrons. The third-order valence-corrected chi connectivity index (χ3v) is 11.5. The standard InChI is InChI=1S/C7H4NOS2.C5H5.2ClH.Zr/c9-11-7-8-5-3-1-2-4-6(5)10-7;1-2-4-5-3-1;;;/h1-4H;1-3H,4H2;2*1H;/q+1;;;;-1. The molecule has 1 aliphatic carbocycles. The molecular formula is C12H11Cl2NOS2Zr. The van der Waals surface area contributed by atoms with Crippen molar-refractivity contribution in [1.82, 2.24) is 4.98 Å². The minimum atomic E-state index is -1.01. The van der Waals surface area contributed by atoms with Crippen molar-refractivity contribution in [2.75, 3.05) is 0 Å². The van der Waals surface area contributed by atoms with Gasteiger partial charge in [-0.25, -0.2) is 0 Å². The van der Waals surface area contributed by atoms with E-state index in [1.54, 1.807) is 11.3 Å². The Kier molecular flexibility index (Phi) is 7.13. The van der Waals surface area contributed by atoms with Gasteiger partial charge in [0.05, 0.1) is 0 Å². The number of benzene rings is 1. The molecule has 1 atom stereocenters. The second-order valence-electron chi connectivity index (χ2n) is 3.64. The molecule has 1 unspecified atom stereocenters. The Bertz CT molecular complexity index is 621. The first-order chi connectivity index (χ1) is 8.33. The van der Waals surface area contributed by atoms with Crippen molar-refractivity contribution < 1.29 is 26.0 Å². The number of halogens is 2. The van der Waals surface area contributed by atoms with Gasteiger partial charge in [-0.15, -0.1) is 24.8 Å². The zero-order chi connectivity index (χ0) is 11.7. The van der Waals surface area contributed by atoms with Gasteiger partial charge in [-0.1, -0.05) is 0 Å². The van der Waals surface area contributed by atoms with Gasteiger partial charge < -0.3 is 0 Å². The van der Waals surface area contributed by atoms with Crippen molar-refractivity contribution >= 4 is 53.9 Å². The molecule has 1 aromatic carbocycles. The van der Waals surface area contributed by atoms with Gasteiger partial charge in [0.2, 0.25) is 0 Å². The van der Waals surface area contributed by atoms with Crippen LogP contribution in [-0.4, -0.2) is 9.19 Å². The van der Waals surface area contributed by atoms with Crippen molar-refractivity contribution in [2.45, 2.75) is 10.8 Å². The maximum atomic E-state index is 12.2. The minimum absolute atomic E-state index is 0. The van der Waals surface area contributed by atoms with Crippen LogP contribution < -0.4 is 0 Å². The molecule has 0 saturated heterocycles. The van der Waals surface area contributed by atoms with Gasteiger partial charge in [0, 0.05) is 0 Å². The number of allylic oxidation sites excluding steroid dienone is 4. The summed E-state index contributed by atoms with van der Waals surface area (Å²) in [5.41, 5.74) is 0.971. The van der Waals surface area contributed by atoms with E-state index in [1.807, 2.05) is 24.3 Å². The molecule has 0 fully saturated rings. The number of hydrogen-bond donors (Lipinski definition) is 0. The molecule has 0 aliphatic heterocycles. The van der Waals surface area contributed by atoms with E-state index in [-0.39, 0.29) is 24.8 Å². The van der Waals surface area contributed by atoms with E-state index >= 15 is 0 Å². The van der Waals surface area contributed by atoms with Crippen molar-refractivity contribution in [3.05, 3.63) is 45.8 Å². The van der Waals surface area contributed by atoms with E-state index < -0.39 is 29.3 Å². The zero-order valence-corrected chi connectivity index (χ0v) is 15.5. The Hall–Kier alpha value is 0.203. The van der Waals surface area contributed by atoms with Crippen molar-refractivity contribution in [3.8, 4) is 0 Å². The fraction of sp³-hybridized carbons (Fsp3) is 0.0833. The van der Waals surface area contributed by atoms with Crippen LogP contribution in [-0.2, 0) is 29.3 Å². The van der Waals surface area contributed by atoms with Crippen LogP contribution in [0.2, 0.25) is 0 Å². The van der Waals surface area contributed by atoms with Gasteiger partial charge in [-0.3, -0.25) is 0 Å². The van der Waals surface area contributed by atoms with Crippen molar-refractivity contribution in [1.29, 1.82) is 0 Å². The van der Waals surface area contributed by atoms with Crippen LogP contribution in [0.25, 0.3) is 10.2 Å². The third kappa shape index (κ3) is 4.09. The maximum absolute atomic E-state index is 12.2. The summed E-state index contributed by atoms with van der Waals surface area (Å²) < 4.78 is 15.6. The topological polar surface area (TPSA) is 30.0 Å². The molecule has 3 rings (SSSR count). The monoisotopic (exact) mass is 409 g/mol. The Morgan fingerprint density at radius 3 is 2.74 bits per heavy atom. The quantitative estimate of drug-likeness (QED) is 0.762. The summed E-state index contributed by atoms with van der Waals surface area (Å²) in [6.45, 7) is 0. The molecule has 1 aliphatic rings. The van der Waals surface area contributed by atoms with Crippen molar-refractivity contribution in [2.24, 2.45) is 0 Å². The van der Waals surface area contributed by atoms with Gasteiger partial charge >= 0.3 is 117 Å². The summed E-state index contributed by atoms with van der Waals surface area (Å²) in [5, 5.41) is 0. The first kappa shape index (κ1) is 17.3. The summed E-state index contributed by atoms with van der Waals surface area (Å²) >= 11 is 0.564. The molecule has 0 bridgehead atoms. The molecule has 0 spiro atoms. The molecule has 2 nitrogen and oxygen atoms in total. The number of hydrogen-bond acceptors (Lipinski definition) is 3. The zero-order valence-electron chi connectivity index (χ0n) is 9.74. The SMILES string of the molecule is Cl.Cl.O=[S]([Zr][C]1=CC=CC1)c1nc2ccccc2s1. The van der Waals surface area contributed by atoms with Gasteiger partial charge in [-0.2, -0.15) is 0 Å². The molecule has 19 heavy (non-hydrogen) atoms. The average molecular weight is 411 g/mol. The first-order valence-corrected chi connectivity index (χ1v) is 11.4. The summed E-state index contributed by atoms with van der Waals surface area (Å²) in [6, 6.07) is 7.98. The molecule has 7 heteroatoms. The molecule has 100 valence electrons. The molecule has 1 heterocycles. The first-order valence-electron chi connectivity index (χ1n) is 5.22. The molecular weight excluding hydrogens is 400 g/mol. The number of thiazole rings is 1. The Labute approximate surface area is 140 Å². The predicted octanol–water partition coefficient (Wildman–Crippen LogP) is 4.09. The third-order valence-electron chi connectivity index (χ3n) is 2.43. The fourth-order valence-corrected chi connectivity index (χ4v) is 9.58. The summed E-state index contributed by atoms with van der Waals surface area (Å²) in [5.74, 6) is 0. The van der Waals surface area contributed by atoms with Gasteiger partial charge in [0.1, 0.15) is 0 Å². The molecule has 0 N–H and O–H groups in total. The Morgan fingerprint density at radius 2 is 2.05 bits per heavy atom. The van der Waals surface area contributed by atoms with Crippen LogP contribution in [0.15, 0.2) is 50.1 Å². The van der Waals surface area contributed by atoms with E-state index in [0.717, 1.165) is 21.0 Å². The normalized spacial score (nSPS) is 14.4.